The van der Waals surface area contributed by atoms with Gasteiger partial charge in [-0.1, -0.05) is 34.1 Å². The maximum absolute atomic E-state index is 12.2. The molecule has 25 heavy (non-hydrogen) atoms. The van der Waals surface area contributed by atoms with E-state index >= 15 is 0 Å². The maximum atomic E-state index is 12.2. The number of urea groups is 1. The number of nitrogens with zero attached hydrogens (tertiary/aromatic N) is 2. The van der Waals surface area contributed by atoms with Gasteiger partial charge in [-0.25, -0.2) is 14.5 Å². The molecule has 1 rings (SSSR count). The van der Waals surface area contributed by atoms with E-state index in [0.717, 1.165) is 4.90 Å². The molecule has 0 bridgehead atoms. The molecule has 1 saturated heterocycles. The Morgan fingerprint density at radius 2 is 1.64 bits per heavy atom. The third-order valence-electron chi connectivity index (χ3n) is 3.97. The van der Waals surface area contributed by atoms with Crippen molar-refractivity contribution in [3.63, 3.8) is 0 Å². The lowest BCUT2D eigenvalue weighted by Gasteiger charge is -2.23. The minimum Gasteiger partial charge on any atom is -0.467 e. The number of ether oxygens (including phenoxy) is 1. The van der Waals surface area contributed by atoms with Crippen LogP contribution in [0, 0.1) is 11.8 Å². The van der Waals surface area contributed by atoms with E-state index in [-0.39, 0.29) is 18.4 Å². The number of rotatable bonds is 8. The second kappa shape index (κ2) is 8.59. The van der Waals surface area contributed by atoms with Crippen molar-refractivity contribution < 1.29 is 28.7 Å². The molecule has 0 aromatic heterocycles. The summed E-state index contributed by atoms with van der Waals surface area (Å²) in [4.78, 5) is 61.4. The summed E-state index contributed by atoms with van der Waals surface area (Å²) in [5.74, 6) is -3.52. The van der Waals surface area contributed by atoms with Crippen LogP contribution in [0.4, 0.5) is 4.79 Å². The number of amides is 5. The van der Waals surface area contributed by atoms with Crippen molar-refractivity contribution in [2.45, 2.75) is 40.2 Å². The predicted molar refractivity (Wildman–Crippen MR) is 87.1 cm³/mol. The SMILES string of the molecule is CCC(C)C(NC(=O)CN1C(=O)C(=O)N(CC(C)C)C1=O)C(=O)OC. The molecule has 1 fully saturated rings. The second-order valence-electron chi connectivity index (χ2n) is 6.44. The standard InChI is InChI=1S/C16H25N3O6/c1-6-10(4)12(15(23)25-5)17-11(20)8-19-14(22)13(21)18(16(19)24)7-9(2)3/h9-10,12H,6-8H2,1-5H3,(H,17,20). The van der Waals surface area contributed by atoms with E-state index in [2.05, 4.69) is 10.1 Å². The minimum absolute atomic E-state index is 0.0106. The van der Waals surface area contributed by atoms with Gasteiger partial charge in [-0.05, 0) is 11.8 Å². The highest BCUT2D eigenvalue weighted by Gasteiger charge is 2.45. The lowest BCUT2D eigenvalue weighted by atomic mass is 9.99. The average molecular weight is 355 g/mol. The van der Waals surface area contributed by atoms with Crippen LogP contribution >= 0.6 is 0 Å². The molecule has 1 aliphatic heterocycles. The Labute approximate surface area is 146 Å². The molecule has 0 saturated carbocycles. The number of nitrogens with one attached hydrogen (secondary N) is 1. The maximum Gasteiger partial charge on any atom is 0.334 e. The van der Waals surface area contributed by atoms with Gasteiger partial charge in [0.25, 0.3) is 0 Å². The number of hydrogen-bond donors (Lipinski definition) is 1. The first-order chi connectivity index (χ1) is 11.6. The predicted octanol–water partition coefficient (Wildman–Crippen LogP) is 0.137. The van der Waals surface area contributed by atoms with Crippen LogP contribution in [0.15, 0.2) is 0 Å². The zero-order chi connectivity index (χ0) is 19.3. The molecule has 1 heterocycles. The molecule has 0 aromatic carbocycles. The van der Waals surface area contributed by atoms with Crippen LogP contribution < -0.4 is 5.32 Å². The van der Waals surface area contributed by atoms with Gasteiger partial charge in [0.05, 0.1) is 7.11 Å². The Hall–Kier alpha value is -2.45. The fraction of sp³-hybridized carbons (Fsp3) is 0.688. The van der Waals surface area contributed by atoms with Crippen molar-refractivity contribution in [3.05, 3.63) is 0 Å². The molecule has 0 aliphatic carbocycles. The number of carbonyl (C=O) groups is 5. The summed E-state index contributed by atoms with van der Waals surface area (Å²) in [5, 5.41) is 2.47. The van der Waals surface area contributed by atoms with E-state index in [1.807, 2.05) is 6.92 Å². The van der Waals surface area contributed by atoms with Gasteiger partial charge in [0, 0.05) is 6.54 Å². The van der Waals surface area contributed by atoms with Crippen molar-refractivity contribution in [1.82, 2.24) is 15.1 Å². The van der Waals surface area contributed by atoms with Crippen molar-refractivity contribution >= 4 is 29.7 Å². The summed E-state index contributed by atoms with van der Waals surface area (Å²) < 4.78 is 4.66. The molecule has 0 radical (unpaired) electrons. The van der Waals surface area contributed by atoms with Gasteiger partial charge in [0.2, 0.25) is 5.91 Å². The highest BCUT2D eigenvalue weighted by molar-refractivity contribution is 6.45. The molecule has 5 amide bonds. The fourth-order valence-corrected chi connectivity index (χ4v) is 2.37. The molecule has 140 valence electrons. The van der Waals surface area contributed by atoms with E-state index in [1.165, 1.54) is 7.11 Å². The van der Waals surface area contributed by atoms with Gasteiger partial charge in [0.15, 0.2) is 0 Å². The van der Waals surface area contributed by atoms with Crippen LogP contribution in [0.25, 0.3) is 0 Å². The molecule has 2 atom stereocenters. The van der Waals surface area contributed by atoms with Crippen molar-refractivity contribution in [2.24, 2.45) is 11.8 Å². The summed E-state index contributed by atoms with van der Waals surface area (Å²) in [6, 6.07) is -1.71. The number of imide groups is 2. The molecule has 1 aliphatic rings. The Bertz CT molecular complexity index is 574. The average Bonchev–Trinajstić information content (AvgIpc) is 2.75. The molecule has 2 unspecified atom stereocenters. The van der Waals surface area contributed by atoms with E-state index in [4.69, 9.17) is 0 Å². The topological polar surface area (TPSA) is 113 Å². The van der Waals surface area contributed by atoms with Gasteiger partial charge in [-0.2, -0.15) is 0 Å². The number of carbonyl (C=O) groups excluding carboxylic acids is 5. The summed E-state index contributed by atoms with van der Waals surface area (Å²) in [6.45, 7) is 6.69. The van der Waals surface area contributed by atoms with Crippen LogP contribution in [0.5, 0.6) is 0 Å². The van der Waals surface area contributed by atoms with Crippen molar-refractivity contribution in [1.29, 1.82) is 0 Å². The van der Waals surface area contributed by atoms with Crippen LogP contribution in [-0.4, -0.2) is 65.8 Å². The molecule has 0 spiro atoms. The van der Waals surface area contributed by atoms with E-state index in [0.29, 0.717) is 11.3 Å². The molecular formula is C16H25N3O6. The lowest BCUT2D eigenvalue weighted by molar-refractivity contribution is -0.147. The van der Waals surface area contributed by atoms with E-state index in [1.54, 1.807) is 20.8 Å². The Morgan fingerprint density at radius 1 is 1.08 bits per heavy atom. The third kappa shape index (κ3) is 4.77. The van der Waals surface area contributed by atoms with E-state index < -0.39 is 42.3 Å². The second-order valence-corrected chi connectivity index (χ2v) is 6.44. The molecular weight excluding hydrogens is 330 g/mol. The lowest BCUT2D eigenvalue weighted by Crippen LogP contribution is -2.50. The zero-order valence-corrected chi connectivity index (χ0v) is 15.2. The van der Waals surface area contributed by atoms with Gasteiger partial charge in [-0.15, -0.1) is 0 Å². The Kier molecular flexibility index (Phi) is 7.08. The third-order valence-corrected chi connectivity index (χ3v) is 3.97. The van der Waals surface area contributed by atoms with Gasteiger partial charge >= 0.3 is 23.8 Å². The zero-order valence-electron chi connectivity index (χ0n) is 15.2. The number of hydrogen-bond acceptors (Lipinski definition) is 6. The Balaban J connectivity index is 2.81. The number of esters is 1. The van der Waals surface area contributed by atoms with Crippen LogP contribution in [-0.2, 0) is 23.9 Å². The first kappa shape index (κ1) is 20.6. The first-order valence-corrected chi connectivity index (χ1v) is 8.18. The quantitative estimate of drug-likeness (QED) is 0.376. The van der Waals surface area contributed by atoms with Crippen molar-refractivity contribution in [3.8, 4) is 0 Å². The molecule has 9 heteroatoms. The first-order valence-electron chi connectivity index (χ1n) is 8.18. The highest BCUT2D eigenvalue weighted by Crippen LogP contribution is 2.14. The van der Waals surface area contributed by atoms with Crippen LogP contribution in [0.1, 0.15) is 34.1 Å². The molecule has 9 nitrogen and oxygen atoms in total. The smallest absolute Gasteiger partial charge is 0.334 e. The Morgan fingerprint density at radius 3 is 2.12 bits per heavy atom. The fourth-order valence-electron chi connectivity index (χ4n) is 2.37. The van der Waals surface area contributed by atoms with Gasteiger partial charge in [-0.3, -0.25) is 19.3 Å². The molecule has 0 aromatic rings. The number of methoxy groups -OCH3 is 1. The van der Waals surface area contributed by atoms with Gasteiger partial charge < -0.3 is 10.1 Å². The van der Waals surface area contributed by atoms with Crippen LogP contribution in [0.3, 0.4) is 0 Å². The largest absolute Gasteiger partial charge is 0.467 e. The minimum atomic E-state index is -1.04. The summed E-state index contributed by atoms with van der Waals surface area (Å²) in [5.41, 5.74) is 0. The summed E-state index contributed by atoms with van der Waals surface area (Å²) in [6.07, 6.45) is 0.613. The van der Waals surface area contributed by atoms with Gasteiger partial charge in [0.1, 0.15) is 12.6 Å². The monoisotopic (exact) mass is 355 g/mol. The van der Waals surface area contributed by atoms with E-state index in [9.17, 15) is 24.0 Å². The molecule has 1 N–H and O–H groups in total. The van der Waals surface area contributed by atoms with Crippen LogP contribution in [0.2, 0.25) is 0 Å². The van der Waals surface area contributed by atoms with Crippen molar-refractivity contribution in [2.75, 3.05) is 20.2 Å². The summed E-state index contributed by atoms with van der Waals surface area (Å²) in [7, 11) is 1.21. The normalized spacial score (nSPS) is 17.1. The highest BCUT2D eigenvalue weighted by atomic mass is 16.5. The summed E-state index contributed by atoms with van der Waals surface area (Å²) >= 11 is 0.